The van der Waals surface area contributed by atoms with Crippen molar-refractivity contribution >= 4 is 5.97 Å². The van der Waals surface area contributed by atoms with Gasteiger partial charge in [-0.2, -0.15) is 0 Å². The van der Waals surface area contributed by atoms with E-state index in [2.05, 4.69) is 26.0 Å². The van der Waals surface area contributed by atoms with E-state index in [1.54, 1.807) is 0 Å². The van der Waals surface area contributed by atoms with Crippen LogP contribution in [0, 0.1) is 0 Å². The van der Waals surface area contributed by atoms with Crippen LogP contribution >= 0.6 is 0 Å². The van der Waals surface area contributed by atoms with E-state index in [9.17, 15) is 4.79 Å². The van der Waals surface area contributed by atoms with E-state index in [1.165, 1.54) is 96.3 Å². The third-order valence-corrected chi connectivity index (χ3v) is 5.15. The first kappa shape index (κ1) is 26.2. The molecule has 2 nitrogen and oxygen atoms in total. The van der Waals surface area contributed by atoms with Crippen LogP contribution in [0.4, 0.5) is 0 Å². The fourth-order valence-electron chi connectivity index (χ4n) is 3.30. The molecule has 0 aromatic heterocycles. The highest BCUT2D eigenvalue weighted by atomic mass is 16.5. The van der Waals surface area contributed by atoms with E-state index < -0.39 is 0 Å². The van der Waals surface area contributed by atoms with Gasteiger partial charge in [-0.15, -0.1) is 0 Å². The van der Waals surface area contributed by atoms with Crippen molar-refractivity contribution in [3.8, 4) is 0 Å². The quantitative estimate of drug-likeness (QED) is 0.113. The Kier molecular flexibility index (Phi) is 22.6. The molecule has 0 aliphatic carbocycles. The Bertz CT molecular complexity index is 322. The molecule has 0 fully saturated rings. The lowest BCUT2D eigenvalue weighted by atomic mass is 10.1. The van der Waals surface area contributed by atoms with Gasteiger partial charge in [0.2, 0.25) is 0 Å². The first-order valence-corrected chi connectivity index (χ1v) is 12.1. The maximum Gasteiger partial charge on any atom is 0.305 e. The first-order chi connectivity index (χ1) is 13.3. The van der Waals surface area contributed by atoms with Crippen molar-refractivity contribution in [3.05, 3.63) is 12.2 Å². The van der Waals surface area contributed by atoms with Gasteiger partial charge < -0.3 is 4.74 Å². The van der Waals surface area contributed by atoms with Crippen LogP contribution in [-0.2, 0) is 9.53 Å². The van der Waals surface area contributed by atoms with E-state index in [4.69, 9.17) is 4.74 Å². The first-order valence-electron chi connectivity index (χ1n) is 12.1. The lowest BCUT2D eigenvalue weighted by Crippen LogP contribution is -2.05. The molecule has 0 aromatic carbocycles. The van der Waals surface area contributed by atoms with Crippen LogP contribution in [0.5, 0.6) is 0 Å². The molecule has 0 rings (SSSR count). The summed E-state index contributed by atoms with van der Waals surface area (Å²) in [6.45, 7) is 5.11. The molecule has 0 N–H and O–H groups in total. The van der Waals surface area contributed by atoms with Crippen LogP contribution < -0.4 is 0 Å². The summed E-state index contributed by atoms with van der Waals surface area (Å²) in [5, 5.41) is 0. The maximum absolute atomic E-state index is 11.6. The summed E-state index contributed by atoms with van der Waals surface area (Å²) in [5.74, 6) is 0.00289. The van der Waals surface area contributed by atoms with Crippen LogP contribution in [0.3, 0.4) is 0 Å². The molecule has 0 bridgehead atoms. The Hall–Kier alpha value is -0.790. The number of carbonyl (C=O) groups excluding carboxylic acids is 1. The smallest absolute Gasteiger partial charge is 0.305 e. The van der Waals surface area contributed by atoms with E-state index >= 15 is 0 Å². The molecule has 0 aromatic rings. The SMILES string of the molecule is CCCCCCCC/C=C/CCCCCCCC(=O)OCCCCCCC. The molecular formula is C25H48O2. The van der Waals surface area contributed by atoms with Crippen molar-refractivity contribution in [2.45, 2.75) is 136 Å². The topological polar surface area (TPSA) is 26.3 Å². The molecule has 2 heteroatoms. The van der Waals surface area contributed by atoms with Gasteiger partial charge in [0, 0.05) is 6.42 Å². The molecule has 0 saturated heterocycles. The van der Waals surface area contributed by atoms with Crippen molar-refractivity contribution in [1.82, 2.24) is 0 Å². The van der Waals surface area contributed by atoms with Crippen LogP contribution in [0.2, 0.25) is 0 Å². The Morgan fingerprint density at radius 2 is 1.04 bits per heavy atom. The van der Waals surface area contributed by atoms with Crippen LogP contribution in [0.1, 0.15) is 136 Å². The van der Waals surface area contributed by atoms with E-state index in [0.717, 1.165) is 19.3 Å². The molecular weight excluding hydrogens is 332 g/mol. The van der Waals surface area contributed by atoms with Crippen molar-refractivity contribution < 1.29 is 9.53 Å². The molecule has 27 heavy (non-hydrogen) atoms. The van der Waals surface area contributed by atoms with Crippen molar-refractivity contribution in [2.24, 2.45) is 0 Å². The van der Waals surface area contributed by atoms with Crippen LogP contribution in [-0.4, -0.2) is 12.6 Å². The third kappa shape index (κ3) is 23.2. The summed E-state index contributed by atoms with van der Waals surface area (Å²) in [6, 6.07) is 0. The monoisotopic (exact) mass is 380 g/mol. The van der Waals surface area contributed by atoms with E-state index in [0.29, 0.717) is 13.0 Å². The van der Waals surface area contributed by atoms with Gasteiger partial charge in [-0.1, -0.05) is 103 Å². The van der Waals surface area contributed by atoms with E-state index in [-0.39, 0.29) is 5.97 Å². The van der Waals surface area contributed by atoms with Crippen molar-refractivity contribution in [2.75, 3.05) is 6.61 Å². The zero-order valence-corrected chi connectivity index (χ0v) is 18.6. The van der Waals surface area contributed by atoms with Crippen molar-refractivity contribution in [1.29, 1.82) is 0 Å². The maximum atomic E-state index is 11.6. The Labute approximate surface area is 170 Å². The molecule has 0 amide bonds. The summed E-state index contributed by atoms with van der Waals surface area (Å²) in [6.07, 6.45) is 28.1. The molecule has 0 atom stereocenters. The minimum atomic E-state index is 0.00289. The van der Waals surface area contributed by atoms with Crippen molar-refractivity contribution in [3.63, 3.8) is 0 Å². The number of carbonyl (C=O) groups is 1. The van der Waals surface area contributed by atoms with Gasteiger partial charge >= 0.3 is 5.97 Å². The third-order valence-electron chi connectivity index (χ3n) is 5.15. The Morgan fingerprint density at radius 1 is 0.593 bits per heavy atom. The molecule has 0 unspecified atom stereocenters. The van der Waals surface area contributed by atoms with Gasteiger partial charge in [0.05, 0.1) is 6.61 Å². The zero-order chi connectivity index (χ0) is 19.8. The largest absolute Gasteiger partial charge is 0.466 e. The molecule has 0 spiro atoms. The number of unbranched alkanes of at least 4 members (excludes halogenated alkanes) is 15. The number of hydrogen-bond acceptors (Lipinski definition) is 2. The second kappa shape index (κ2) is 23.2. The average molecular weight is 381 g/mol. The van der Waals surface area contributed by atoms with Gasteiger partial charge in [0.15, 0.2) is 0 Å². The number of rotatable bonds is 21. The summed E-state index contributed by atoms with van der Waals surface area (Å²) >= 11 is 0. The minimum absolute atomic E-state index is 0.00289. The van der Waals surface area contributed by atoms with Gasteiger partial charge in [0.25, 0.3) is 0 Å². The predicted molar refractivity (Wildman–Crippen MR) is 119 cm³/mol. The fourth-order valence-corrected chi connectivity index (χ4v) is 3.30. The highest BCUT2D eigenvalue weighted by Crippen LogP contribution is 2.10. The second-order valence-electron chi connectivity index (χ2n) is 7.97. The molecule has 0 saturated carbocycles. The zero-order valence-electron chi connectivity index (χ0n) is 18.6. The standard InChI is InChI=1S/C25H48O2/c1-3-5-7-9-10-11-12-13-14-15-16-17-18-19-21-23-25(26)27-24-22-20-8-6-4-2/h13-14H,3-12,15-24H2,1-2H3/b14-13+. The summed E-state index contributed by atoms with van der Waals surface area (Å²) in [4.78, 5) is 11.6. The molecule has 0 radical (unpaired) electrons. The average Bonchev–Trinajstić information content (AvgIpc) is 2.67. The van der Waals surface area contributed by atoms with Gasteiger partial charge in [-0.05, 0) is 38.5 Å². The lowest BCUT2D eigenvalue weighted by molar-refractivity contribution is -0.143. The minimum Gasteiger partial charge on any atom is -0.466 e. The normalized spacial score (nSPS) is 11.3. The van der Waals surface area contributed by atoms with Gasteiger partial charge in [-0.3, -0.25) is 4.79 Å². The Balaban J connectivity index is 3.19. The number of ether oxygens (including phenoxy) is 1. The molecule has 0 heterocycles. The number of hydrogen-bond donors (Lipinski definition) is 0. The lowest BCUT2D eigenvalue weighted by Gasteiger charge is -2.05. The number of allylic oxidation sites excluding steroid dienone is 2. The highest BCUT2D eigenvalue weighted by Gasteiger charge is 2.02. The highest BCUT2D eigenvalue weighted by molar-refractivity contribution is 5.69. The Morgan fingerprint density at radius 3 is 1.59 bits per heavy atom. The summed E-state index contributed by atoms with van der Waals surface area (Å²) in [7, 11) is 0. The summed E-state index contributed by atoms with van der Waals surface area (Å²) < 4.78 is 5.29. The van der Waals surface area contributed by atoms with Gasteiger partial charge in [0.1, 0.15) is 0 Å². The second-order valence-corrected chi connectivity index (χ2v) is 7.97. The summed E-state index contributed by atoms with van der Waals surface area (Å²) in [5.41, 5.74) is 0. The predicted octanol–water partition coefficient (Wildman–Crippen LogP) is 8.54. The van der Waals surface area contributed by atoms with Gasteiger partial charge in [-0.25, -0.2) is 0 Å². The molecule has 0 aliphatic rings. The molecule has 0 aliphatic heterocycles. The van der Waals surface area contributed by atoms with Crippen LogP contribution in [0.25, 0.3) is 0 Å². The van der Waals surface area contributed by atoms with E-state index in [1.807, 2.05) is 0 Å². The molecule has 160 valence electrons. The van der Waals surface area contributed by atoms with Crippen LogP contribution in [0.15, 0.2) is 12.2 Å². The fraction of sp³-hybridized carbons (Fsp3) is 0.880. The number of esters is 1.